The number of aromatic amines is 1. The number of hydrogen-bond donors (Lipinski definition) is 2. The highest BCUT2D eigenvalue weighted by Crippen LogP contribution is 2.36. The number of aromatic nitrogens is 3. The van der Waals surface area contributed by atoms with Gasteiger partial charge in [0, 0.05) is 54.4 Å². The summed E-state index contributed by atoms with van der Waals surface area (Å²) in [5, 5.41) is 4.85. The Labute approximate surface area is 199 Å². The molecule has 5 heterocycles. The van der Waals surface area contributed by atoms with E-state index in [9.17, 15) is 4.79 Å². The second-order valence-corrected chi connectivity index (χ2v) is 9.61. The van der Waals surface area contributed by atoms with Crippen LogP contribution in [0.4, 0.5) is 0 Å². The predicted octanol–water partition coefficient (Wildman–Crippen LogP) is 4.86. The van der Waals surface area contributed by atoms with Crippen LogP contribution in [0.15, 0.2) is 48.9 Å². The molecule has 1 saturated heterocycles. The number of nitrogens with zero attached hydrogens (tertiary/aromatic N) is 3. The number of nitrogens with one attached hydrogen (secondary N) is 2. The van der Waals surface area contributed by atoms with Gasteiger partial charge in [0.15, 0.2) is 0 Å². The number of rotatable bonds is 3. The van der Waals surface area contributed by atoms with E-state index in [1.54, 1.807) is 6.20 Å². The van der Waals surface area contributed by atoms with E-state index in [1.807, 2.05) is 36.4 Å². The van der Waals surface area contributed by atoms with Gasteiger partial charge in [-0.1, -0.05) is 6.07 Å². The molecule has 6 heteroatoms. The van der Waals surface area contributed by atoms with E-state index in [4.69, 9.17) is 0 Å². The summed E-state index contributed by atoms with van der Waals surface area (Å²) in [6.45, 7) is 6.45. The molecule has 2 N–H and O–H groups in total. The lowest BCUT2D eigenvalue weighted by Gasteiger charge is -2.32. The highest BCUT2D eigenvalue weighted by atomic mass is 16.2. The number of pyridine rings is 2. The monoisotopic (exact) mass is 451 g/mol. The first-order valence-corrected chi connectivity index (χ1v) is 12.1. The van der Waals surface area contributed by atoms with Crippen LogP contribution in [0.2, 0.25) is 0 Å². The maximum Gasteiger partial charge on any atom is 0.255 e. The van der Waals surface area contributed by atoms with Crippen molar-refractivity contribution in [2.75, 3.05) is 13.1 Å². The molecular formula is C28H29N5O. The fourth-order valence-electron chi connectivity index (χ4n) is 5.37. The minimum Gasteiger partial charge on any atom is -0.346 e. The van der Waals surface area contributed by atoms with Gasteiger partial charge < -0.3 is 15.2 Å². The molecule has 0 saturated carbocycles. The third-order valence-corrected chi connectivity index (χ3v) is 7.33. The summed E-state index contributed by atoms with van der Waals surface area (Å²) in [6, 6.07) is 11.0. The molecule has 1 amide bonds. The zero-order chi connectivity index (χ0) is 23.2. The first kappa shape index (κ1) is 21.1. The highest BCUT2D eigenvalue weighted by Gasteiger charge is 2.28. The van der Waals surface area contributed by atoms with Gasteiger partial charge in [0.1, 0.15) is 5.65 Å². The van der Waals surface area contributed by atoms with Crippen molar-refractivity contribution >= 4 is 16.9 Å². The number of carbonyl (C=O) groups is 1. The number of hydrogen-bond acceptors (Lipinski definition) is 4. The van der Waals surface area contributed by atoms with Gasteiger partial charge >= 0.3 is 0 Å². The van der Waals surface area contributed by atoms with Crippen LogP contribution < -0.4 is 5.32 Å². The van der Waals surface area contributed by atoms with Crippen LogP contribution in [0, 0.1) is 13.8 Å². The van der Waals surface area contributed by atoms with Crippen molar-refractivity contribution in [2.24, 2.45) is 0 Å². The van der Waals surface area contributed by atoms with Gasteiger partial charge in [0.2, 0.25) is 0 Å². The van der Waals surface area contributed by atoms with Crippen molar-refractivity contribution in [2.45, 2.75) is 45.7 Å². The second kappa shape index (κ2) is 8.37. The third kappa shape index (κ3) is 3.68. The van der Waals surface area contributed by atoms with Crippen LogP contribution in [0.3, 0.4) is 0 Å². The normalized spacial score (nSPS) is 17.8. The maximum atomic E-state index is 13.2. The van der Waals surface area contributed by atoms with Crippen molar-refractivity contribution < 1.29 is 4.79 Å². The average Bonchev–Trinajstić information content (AvgIpc) is 3.53. The summed E-state index contributed by atoms with van der Waals surface area (Å²) in [5.74, 6) is 0.0603. The van der Waals surface area contributed by atoms with Crippen molar-refractivity contribution in [3.63, 3.8) is 0 Å². The van der Waals surface area contributed by atoms with Crippen molar-refractivity contribution in [3.05, 3.63) is 82.4 Å². The van der Waals surface area contributed by atoms with Crippen LogP contribution in [-0.2, 0) is 13.0 Å². The molecule has 3 aromatic heterocycles. The van der Waals surface area contributed by atoms with Crippen LogP contribution >= 0.6 is 0 Å². The van der Waals surface area contributed by atoms with Gasteiger partial charge in [-0.15, -0.1) is 0 Å². The van der Waals surface area contributed by atoms with E-state index in [1.165, 1.54) is 39.6 Å². The number of benzene rings is 1. The molecular weight excluding hydrogens is 422 g/mol. The molecule has 4 aromatic rings. The molecule has 2 aliphatic rings. The van der Waals surface area contributed by atoms with Crippen LogP contribution in [0.25, 0.3) is 22.2 Å². The second-order valence-electron chi connectivity index (χ2n) is 9.61. The molecule has 0 radical (unpaired) electrons. The van der Waals surface area contributed by atoms with Crippen molar-refractivity contribution in [1.29, 1.82) is 0 Å². The van der Waals surface area contributed by atoms with E-state index >= 15 is 0 Å². The molecule has 6 rings (SSSR count). The first-order chi connectivity index (χ1) is 16.6. The number of aryl methyl sites for hydroxylation is 2. The molecule has 172 valence electrons. The van der Waals surface area contributed by atoms with Crippen LogP contribution in [-0.4, -0.2) is 38.8 Å². The minimum absolute atomic E-state index is 0.0603. The summed E-state index contributed by atoms with van der Waals surface area (Å²) >= 11 is 0. The standard InChI is InChI=1S/C28H29N5O/c1-17-13-31-27-23(17)12-22(15-32-27)21-10-19-7-9-33(28(34)20-6-5-18(2)30-14-20)16-25(19)24(11-21)26-4-3-8-29-26/h5-6,10-15,26,29H,3-4,7-9,16H2,1-2H3,(H,31,32)/t26-/m0/s1. The number of H-pyrrole nitrogens is 1. The summed E-state index contributed by atoms with van der Waals surface area (Å²) < 4.78 is 0. The highest BCUT2D eigenvalue weighted by molar-refractivity contribution is 5.94. The fraction of sp³-hybridized carbons (Fsp3) is 0.321. The van der Waals surface area contributed by atoms with Crippen molar-refractivity contribution in [1.82, 2.24) is 25.2 Å². The summed E-state index contributed by atoms with van der Waals surface area (Å²) in [7, 11) is 0. The Morgan fingerprint density at radius 2 is 2.00 bits per heavy atom. The Morgan fingerprint density at radius 1 is 1.09 bits per heavy atom. The van der Waals surface area contributed by atoms with E-state index in [2.05, 4.69) is 45.4 Å². The molecule has 0 unspecified atom stereocenters. The molecule has 1 atom stereocenters. The Bertz CT molecular complexity index is 1380. The van der Waals surface area contributed by atoms with Gasteiger partial charge in [-0.25, -0.2) is 4.98 Å². The predicted molar refractivity (Wildman–Crippen MR) is 134 cm³/mol. The van der Waals surface area contributed by atoms with E-state index in [0.29, 0.717) is 18.2 Å². The zero-order valence-electron chi connectivity index (χ0n) is 19.7. The lowest BCUT2D eigenvalue weighted by Crippen LogP contribution is -2.37. The number of carbonyl (C=O) groups excluding carboxylic acids is 1. The summed E-state index contributed by atoms with van der Waals surface area (Å²) in [5.41, 5.74) is 10.0. The van der Waals surface area contributed by atoms with Gasteiger partial charge in [0.05, 0.1) is 5.56 Å². The lowest BCUT2D eigenvalue weighted by atomic mass is 9.87. The zero-order valence-corrected chi connectivity index (χ0v) is 19.7. The SMILES string of the molecule is Cc1ccc(C(=O)N2CCc3cc(-c4cnc5[nH]cc(C)c5c4)cc([C@@H]4CCCN4)c3C2)cn1. The molecule has 0 bridgehead atoms. The average molecular weight is 452 g/mol. The quantitative estimate of drug-likeness (QED) is 0.466. The largest absolute Gasteiger partial charge is 0.346 e. The summed E-state index contributed by atoms with van der Waals surface area (Å²) in [4.78, 5) is 27.4. The van der Waals surface area contributed by atoms with Gasteiger partial charge in [-0.05, 0) is 91.7 Å². The van der Waals surface area contributed by atoms with Gasteiger partial charge in [0.25, 0.3) is 5.91 Å². The minimum atomic E-state index is 0.0603. The molecule has 34 heavy (non-hydrogen) atoms. The number of amides is 1. The molecule has 2 aliphatic heterocycles. The van der Waals surface area contributed by atoms with E-state index < -0.39 is 0 Å². The Hall–Kier alpha value is -3.51. The first-order valence-electron chi connectivity index (χ1n) is 12.1. The van der Waals surface area contributed by atoms with Gasteiger partial charge in [-0.3, -0.25) is 9.78 Å². The van der Waals surface area contributed by atoms with Crippen LogP contribution in [0.5, 0.6) is 0 Å². The fourth-order valence-corrected chi connectivity index (χ4v) is 5.37. The van der Waals surface area contributed by atoms with Crippen LogP contribution in [0.1, 0.15) is 57.2 Å². The van der Waals surface area contributed by atoms with Gasteiger partial charge in [-0.2, -0.15) is 0 Å². The molecule has 0 aliphatic carbocycles. The van der Waals surface area contributed by atoms with Crippen molar-refractivity contribution in [3.8, 4) is 11.1 Å². The molecule has 6 nitrogen and oxygen atoms in total. The Balaban J connectivity index is 1.39. The van der Waals surface area contributed by atoms with E-state index in [-0.39, 0.29) is 5.91 Å². The molecule has 1 fully saturated rings. The Kier molecular flexibility index (Phi) is 5.18. The third-order valence-electron chi connectivity index (χ3n) is 7.33. The Morgan fingerprint density at radius 3 is 2.79 bits per heavy atom. The maximum absolute atomic E-state index is 13.2. The number of fused-ring (bicyclic) bond motifs is 2. The lowest BCUT2D eigenvalue weighted by molar-refractivity contribution is 0.0733. The smallest absolute Gasteiger partial charge is 0.255 e. The summed E-state index contributed by atoms with van der Waals surface area (Å²) in [6.07, 6.45) is 8.83. The molecule has 0 spiro atoms. The molecule has 1 aromatic carbocycles. The van der Waals surface area contributed by atoms with E-state index in [0.717, 1.165) is 42.8 Å². The topological polar surface area (TPSA) is 73.9 Å².